The molecular formula is C44H34N2. The number of rotatable bonds is 4. The van der Waals surface area contributed by atoms with E-state index in [9.17, 15) is 0 Å². The molecule has 0 saturated carbocycles. The van der Waals surface area contributed by atoms with Gasteiger partial charge in [-0.3, -0.25) is 9.97 Å². The highest BCUT2D eigenvalue weighted by Crippen LogP contribution is 2.44. The summed E-state index contributed by atoms with van der Waals surface area (Å²) in [5, 5.41) is 7.48. The number of benzene rings is 6. The number of pyridine rings is 2. The molecule has 0 N–H and O–H groups in total. The van der Waals surface area contributed by atoms with Crippen LogP contribution in [0.5, 0.6) is 0 Å². The Morgan fingerprint density at radius 2 is 0.935 bits per heavy atom. The first kappa shape index (κ1) is 27.9. The van der Waals surface area contributed by atoms with Gasteiger partial charge in [0.2, 0.25) is 0 Å². The van der Waals surface area contributed by atoms with Gasteiger partial charge in [0.25, 0.3) is 0 Å². The zero-order valence-corrected chi connectivity index (χ0v) is 26.3. The van der Waals surface area contributed by atoms with Crippen LogP contribution in [0.1, 0.15) is 26.3 Å². The van der Waals surface area contributed by atoms with Crippen molar-refractivity contribution in [2.75, 3.05) is 0 Å². The van der Waals surface area contributed by atoms with Gasteiger partial charge in [0.05, 0.1) is 11.4 Å². The first-order chi connectivity index (χ1) is 22.4. The van der Waals surface area contributed by atoms with Gasteiger partial charge in [-0.1, -0.05) is 124 Å². The summed E-state index contributed by atoms with van der Waals surface area (Å²) in [7, 11) is 0. The van der Waals surface area contributed by atoms with Crippen LogP contribution in [0.25, 0.3) is 77.1 Å². The lowest BCUT2D eigenvalue weighted by Gasteiger charge is -2.22. The minimum absolute atomic E-state index is 0.0739. The summed E-state index contributed by atoms with van der Waals surface area (Å²) >= 11 is 0. The molecule has 2 heteroatoms. The van der Waals surface area contributed by atoms with Gasteiger partial charge in [0, 0.05) is 23.5 Å². The molecule has 46 heavy (non-hydrogen) atoms. The molecule has 0 saturated heterocycles. The molecule has 6 aromatic carbocycles. The van der Waals surface area contributed by atoms with E-state index < -0.39 is 0 Å². The van der Waals surface area contributed by atoms with Crippen LogP contribution in [0.4, 0.5) is 0 Å². The van der Waals surface area contributed by atoms with Crippen LogP contribution >= 0.6 is 0 Å². The van der Waals surface area contributed by atoms with Crippen LogP contribution in [0.2, 0.25) is 0 Å². The molecule has 8 rings (SSSR count). The van der Waals surface area contributed by atoms with Gasteiger partial charge in [0.1, 0.15) is 0 Å². The minimum Gasteiger partial charge on any atom is -0.256 e. The number of aromatic nitrogens is 2. The molecule has 0 spiro atoms. The minimum atomic E-state index is 0.0739. The summed E-state index contributed by atoms with van der Waals surface area (Å²) in [5.41, 5.74) is 10.5. The second kappa shape index (κ2) is 11.1. The summed E-state index contributed by atoms with van der Waals surface area (Å²) in [6.45, 7) is 6.84. The normalized spacial score (nSPS) is 11.8. The van der Waals surface area contributed by atoms with Crippen molar-refractivity contribution in [2.24, 2.45) is 0 Å². The average molecular weight is 591 g/mol. The molecule has 0 atom stereocenters. The Hall–Kier alpha value is -5.60. The summed E-state index contributed by atoms with van der Waals surface area (Å²) in [4.78, 5) is 9.22. The zero-order valence-electron chi connectivity index (χ0n) is 26.3. The molecular weight excluding hydrogens is 556 g/mol. The fraction of sp³-hybridized carbons (Fsp3) is 0.0909. The Balaban J connectivity index is 1.28. The number of hydrogen-bond donors (Lipinski definition) is 0. The summed E-state index contributed by atoms with van der Waals surface area (Å²) < 4.78 is 0. The van der Waals surface area contributed by atoms with Gasteiger partial charge in [-0.25, -0.2) is 0 Å². The third-order valence-electron chi connectivity index (χ3n) is 9.09. The Morgan fingerprint density at radius 1 is 0.391 bits per heavy atom. The first-order valence-corrected chi connectivity index (χ1v) is 15.9. The topological polar surface area (TPSA) is 25.8 Å². The van der Waals surface area contributed by atoms with E-state index in [2.05, 4.69) is 141 Å². The predicted molar refractivity (Wildman–Crippen MR) is 195 cm³/mol. The van der Waals surface area contributed by atoms with Crippen molar-refractivity contribution in [3.05, 3.63) is 157 Å². The first-order valence-electron chi connectivity index (χ1n) is 15.9. The third-order valence-corrected chi connectivity index (χ3v) is 9.09. The number of nitrogens with zero attached hydrogens (tertiary/aromatic N) is 2. The van der Waals surface area contributed by atoms with Gasteiger partial charge in [-0.05, 0) is 102 Å². The largest absolute Gasteiger partial charge is 0.256 e. The molecule has 2 aromatic heterocycles. The zero-order chi connectivity index (χ0) is 31.3. The highest BCUT2D eigenvalue weighted by atomic mass is 14.7. The van der Waals surface area contributed by atoms with Crippen molar-refractivity contribution in [3.8, 4) is 44.8 Å². The molecule has 0 aliphatic rings. The van der Waals surface area contributed by atoms with Gasteiger partial charge < -0.3 is 0 Å². The SMILES string of the molecule is CC(C)(C)c1cccc(-c2c3ccccc3c(-c3ccc4cc(-c5cc(-c6ccccn6)ccn5)ccc4c3)c3ccccc23)c1. The van der Waals surface area contributed by atoms with E-state index >= 15 is 0 Å². The van der Waals surface area contributed by atoms with Gasteiger partial charge in [-0.2, -0.15) is 0 Å². The lowest BCUT2D eigenvalue weighted by molar-refractivity contribution is 0.590. The molecule has 8 aromatic rings. The fourth-order valence-electron chi connectivity index (χ4n) is 6.73. The van der Waals surface area contributed by atoms with Crippen LogP contribution in [0, 0.1) is 0 Å². The quantitative estimate of drug-likeness (QED) is 0.191. The van der Waals surface area contributed by atoms with Crippen LogP contribution in [-0.2, 0) is 5.41 Å². The van der Waals surface area contributed by atoms with Gasteiger partial charge in [0.15, 0.2) is 0 Å². The van der Waals surface area contributed by atoms with E-state index in [4.69, 9.17) is 4.98 Å². The van der Waals surface area contributed by atoms with Crippen molar-refractivity contribution in [2.45, 2.75) is 26.2 Å². The maximum Gasteiger partial charge on any atom is 0.0708 e. The third kappa shape index (κ3) is 4.93. The Morgan fingerprint density at radius 3 is 1.54 bits per heavy atom. The van der Waals surface area contributed by atoms with E-state index in [1.54, 1.807) is 0 Å². The number of fused-ring (bicyclic) bond motifs is 3. The second-order valence-electron chi connectivity index (χ2n) is 13.1. The van der Waals surface area contributed by atoms with Crippen LogP contribution in [-0.4, -0.2) is 9.97 Å². The highest BCUT2D eigenvalue weighted by molar-refractivity contribution is 6.21. The molecule has 0 fully saturated rings. The summed E-state index contributed by atoms with van der Waals surface area (Å²) in [6, 6.07) is 50.5. The number of hydrogen-bond acceptors (Lipinski definition) is 2. The molecule has 0 radical (unpaired) electrons. The van der Waals surface area contributed by atoms with E-state index in [0.717, 1.165) is 22.5 Å². The van der Waals surface area contributed by atoms with Gasteiger partial charge >= 0.3 is 0 Å². The van der Waals surface area contributed by atoms with Crippen molar-refractivity contribution in [1.29, 1.82) is 0 Å². The van der Waals surface area contributed by atoms with E-state index in [0.29, 0.717) is 0 Å². The molecule has 2 heterocycles. The van der Waals surface area contributed by atoms with Crippen LogP contribution in [0.15, 0.2) is 152 Å². The van der Waals surface area contributed by atoms with Crippen molar-refractivity contribution in [1.82, 2.24) is 9.97 Å². The van der Waals surface area contributed by atoms with Gasteiger partial charge in [-0.15, -0.1) is 0 Å². The van der Waals surface area contributed by atoms with E-state index in [1.165, 1.54) is 60.1 Å². The Kier molecular flexibility index (Phi) is 6.73. The molecule has 2 nitrogen and oxygen atoms in total. The smallest absolute Gasteiger partial charge is 0.0708 e. The van der Waals surface area contributed by atoms with Crippen LogP contribution < -0.4 is 0 Å². The summed E-state index contributed by atoms with van der Waals surface area (Å²) in [6.07, 6.45) is 3.69. The average Bonchev–Trinajstić information content (AvgIpc) is 3.10. The lowest BCUT2D eigenvalue weighted by Crippen LogP contribution is -2.10. The highest BCUT2D eigenvalue weighted by Gasteiger charge is 2.19. The predicted octanol–water partition coefficient (Wildman–Crippen LogP) is 11.9. The summed E-state index contributed by atoms with van der Waals surface area (Å²) in [5.74, 6) is 0. The van der Waals surface area contributed by atoms with Crippen molar-refractivity contribution >= 4 is 32.3 Å². The maximum absolute atomic E-state index is 4.70. The van der Waals surface area contributed by atoms with Crippen molar-refractivity contribution in [3.63, 3.8) is 0 Å². The molecule has 0 amide bonds. The fourth-order valence-corrected chi connectivity index (χ4v) is 6.73. The Labute approximate surface area is 270 Å². The molecule has 0 bridgehead atoms. The van der Waals surface area contributed by atoms with E-state index in [1.807, 2.05) is 36.7 Å². The Bertz CT molecular complexity index is 2340. The molecule has 0 unspecified atom stereocenters. The van der Waals surface area contributed by atoms with Crippen molar-refractivity contribution < 1.29 is 0 Å². The van der Waals surface area contributed by atoms with E-state index in [-0.39, 0.29) is 5.41 Å². The van der Waals surface area contributed by atoms with Crippen LogP contribution in [0.3, 0.4) is 0 Å². The maximum atomic E-state index is 4.70. The second-order valence-corrected chi connectivity index (χ2v) is 13.1. The standard InChI is InChI=1S/C44H34N2/c1-44(2,3)35-12-10-11-33(27-35)42-36-13-4-6-15-38(36)43(39-16-7-5-14-37(39)42)34-21-19-29-25-31(20-18-30(29)26-34)41-28-32(22-24-46-41)40-17-8-9-23-45-40/h4-28H,1-3H3. The molecule has 0 aliphatic heterocycles. The molecule has 0 aliphatic carbocycles. The monoisotopic (exact) mass is 590 g/mol. The lowest BCUT2D eigenvalue weighted by atomic mass is 9.82. The molecule has 220 valence electrons.